The molecule has 0 unspecified atom stereocenters. The van der Waals surface area contributed by atoms with E-state index in [1.54, 1.807) is 94.6 Å². The third kappa shape index (κ3) is 10.5. The second kappa shape index (κ2) is 19.3. The first-order valence-electron chi connectivity index (χ1n) is 22.1. The van der Waals surface area contributed by atoms with Crippen molar-refractivity contribution in [2.45, 2.75) is 76.1 Å². The Labute approximate surface area is 397 Å². The molecule has 0 spiro atoms. The first-order chi connectivity index (χ1) is 32.0. The number of nitrogens with one attached hydrogen (secondary N) is 2. The van der Waals surface area contributed by atoms with Crippen LogP contribution >= 0.6 is 0 Å². The predicted molar refractivity (Wildman–Crippen MR) is 258 cm³/mol. The third-order valence-corrected chi connectivity index (χ3v) is 16.4. The van der Waals surface area contributed by atoms with Crippen LogP contribution in [0.3, 0.4) is 0 Å². The monoisotopic (exact) mass is 966 g/mol. The Morgan fingerprint density at radius 2 is 0.971 bits per heavy atom. The van der Waals surface area contributed by atoms with Crippen molar-refractivity contribution in [1.82, 2.24) is 29.0 Å². The average molecular weight is 967 g/mol. The first-order valence-corrected chi connectivity index (χ1v) is 25.1. The van der Waals surface area contributed by atoms with Crippen molar-refractivity contribution in [3.8, 4) is 33.8 Å². The van der Waals surface area contributed by atoms with Gasteiger partial charge in [0.1, 0.15) is 11.5 Å². The van der Waals surface area contributed by atoms with Crippen molar-refractivity contribution in [1.29, 1.82) is 0 Å². The molecule has 2 aliphatic rings. The van der Waals surface area contributed by atoms with Crippen LogP contribution < -0.4 is 18.9 Å². The van der Waals surface area contributed by atoms with Crippen LogP contribution in [0.1, 0.15) is 97.0 Å². The smallest absolute Gasteiger partial charge is 0.265 e. The van der Waals surface area contributed by atoms with E-state index in [1.807, 2.05) is 38.4 Å². The number of aliphatic hydroxyl groups is 2. The SMILES string of the molecule is Cn1nccc1C[C@@H]1COc2cc(-c3ccccc3C(=O)NS(=O)(=O)C(C)(C)C)ccc2[C@H]1O.Cn1nccc1C[C@H]1COc2cc(-c3ccccc3C(=O)NS(=O)(=O)C(C)(C)C)ccc2[C@@H]1O. The number of rotatable bonds is 10. The molecule has 18 heteroatoms. The molecule has 0 saturated heterocycles. The Morgan fingerprint density at radius 1 is 0.603 bits per heavy atom. The molecule has 0 bridgehead atoms. The Bertz CT molecular complexity index is 2850. The molecule has 4 N–H and O–H groups in total. The van der Waals surface area contributed by atoms with Crippen LogP contribution in [0.15, 0.2) is 109 Å². The number of aryl methyl sites for hydroxylation is 2. The first kappa shape index (κ1) is 49.6. The van der Waals surface area contributed by atoms with Crippen molar-refractivity contribution < 1.29 is 46.1 Å². The van der Waals surface area contributed by atoms with Gasteiger partial charge in [0, 0.05) is 72.0 Å². The van der Waals surface area contributed by atoms with Gasteiger partial charge in [-0.1, -0.05) is 60.7 Å². The molecule has 2 aliphatic heterocycles. The minimum atomic E-state index is -3.86. The number of carbonyl (C=O) groups is 2. The maximum atomic E-state index is 12.9. The van der Waals surface area contributed by atoms with Gasteiger partial charge in [-0.15, -0.1) is 0 Å². The van der Waals surface area contributed by atoms with Crippen LogP contribution in [0.4, 0.5) is 0 Å². The van der Waals surface area contributed by atoms with E-state index in [2.05, 4.69) is 19.6 Å². The lowest BCUT2D eigenvalue weighted by molar-refractivity contribution is 0.0497. The van der Waals surface area contributed by atoms with Crippen molar-refractivity contribution in [2.75, 3.05) is 13.2 Å². The average Bonchev–Trinajstić information content (AvgIpc) is 3.90. The molecule has 360 valence electrons. The van der Waals surface area contributed by atoms with Gasteiger partial charge in [-0.05, 0) is 113 Å². The van der Waals surface area contributed by atoms with Gasteiger partial charge < -0.3 is 19.7 Å². The van der Waals surface area contributed by atoms with Gasteiger partial charge in [0.25, 0.3) is 11.8 Å². The fraction of sp³-hybridized carbons (Fsp3) is 0.360. The number of fused-ring (bicyclic) bond motifs is 2. The highest BCUT2D eigenvalue weighted by atomic mass is 32.2. The number of hydrogen-bond donors (Lipinski definition) is 4. The van der Waals surface area contributed by atoms with Crippen LogP contribution in [0.2, 0.25) is 0 Å². The number of benzene rings is 4. The number of carbonyl (C=O) groups excluding carboxylic acids is 2. The van der Waals surface area contributed by atoms with Gasteiger partial charge in [0.05, 0.1) is 34.9 Å². The van der Waals surface area contributed by atoms with Crippen molar-refractivity contribution in [3.63, 3.8) is 0 Å². The van der Waals surface area contributed by atoms with E-state index >= 15 is 0 Å². The topological polar surface area (TPSA) is 221 Å². The molecule has 68 heavy (non-hydrogen) atoms. The van der Waals surface area contributed by atoms with Gasteiger partial charge in [0.15, 0.2) is 0 Å². The van der Waals surface area contributed by atoms with E-state index in [0.29, 0.717) is 70.9 Å². The molecule has 2 aromatic heterocycles. The predicted octanol–water partition coefficient (Wildman–Crippen LogP) is 6.46. The summed E-state index contributed by atoms with van der Waals surface area (Å²) in [5.74, 6) is -0.530. The normalized spacial score (nSPS) is 18.1. The zero-order valence-corrected chi connectivity index (χ0v) is 40.9. The molecular weight excluding hydrogens is 909 g/mol. The maximum absolute atomic E-state index is 12.9. The fourth-order valence-corrected chi connectivity index (χ4v) is 9.15. The quantitative estimate of drug-likeness (QED) is 0.116. The van der Waals surface area contributed by atoms with Crippen molar-refractivity contribution in [3.05, 3.63) is 143 Å². The molecule has 0 aliphatic carbocycles. The Kier molecular flexibility index (Phi) is 14.1. The summed E-state index contributed by atoms with van der Waals surface area (Å²) in [6.45, 7) is 9.86. The van der Waals surface area contributed by atoms with Crippen molar-refractivity contribution in [2.24, 2.45) is 25.9 Å². The van der Waals surface area contributed by atoms with Gasteiger partial charge >= 0.3 is 0 Å². The van der Waals surface area contributed by atoms with E-state index < -0.39 is 53.6 Å². The van der Waals surface area contributed by atoms with E-state index in [-0.39, 0.29) is 23.0 Å². The minimum Gasteiger partial charge on any atom is -0.493 e. The lowest BCUT2D eigenvalue weighted by Gasteiger charge is -2.30. The third-order valence-electron chi connectivity index (χ3n) is 12.3. The fourth-order valence-electron chi connectivity index (χ4n) is 7.83. The molecule has 6 aromatic rings. The van der Waals surface area contributed by atoms with Crippen LogP contribution in [0, 0.1) is 11.8 Å². The van der Waals surface area contributed by atoms with E-state index in [1.165, 1.54) is 41.5 Å². The highest BCUT2D eigenvalue weighted by Gasteiger charge is 2.35. The number of sulfonamides is 2. The summed E-state index contributed by atoms with van der Waals surface area (Å²) >= 11 is 0. The van der Waals surface area contributed by atoms with Gasteiger partial charge in [-0.3, -0.25) is 19.0 Å². The van der Waals surface area contributed by atoms with Crippen LogP contribution in [-0.2, 0) is 47.0 Å². The van der Waals surface area contributed by atoms with Crippen LogP contribution in [0.25, 0.3) is 22.3 Å². The number of nitrogens with zero attached hydrogens (tertiary/aromatic N) is 4. The van der Waals surface area contributed by atoms with Gasteiger partial charge in [-0.25, -0.2) is 26.3 Å². The lowest BCUT2D eigenvalue weighted by Crippen LogP contribution is -2.42. The lowest BCUT2D eigenvalue weighted by atomic mass is 9.88. The number of ether oxygens (including phenoxy) is 2. The maximum Gasteiger partial charge on any atom is 0.265 e. The van der Waals surface area contributed by atoms with E-state index in [0.717, 1.165) is 11.4 Å². The summed E-state index contributed by atoms with van der Waals surface area (Å²) in [7, 11) is -3.99. The molecule has 4 atom stereocenters. The Balaban J connectivity index is 0.000000201. The molecule has 0 radical (unpaired) electrons. The highest BCUT2D eigenvalue weighted by molar-refractivity contribution is 7.91. The molecule has 8 rings (SSSR count). The summed E-state index contributed by atoms with van der Waals surface area (Å²) < 4.78 is 67.6. The molecule has 2 amide bonds. The summed E-state index contributed by atoms with van der Waals surface area (Å²) in [5, 5.41) is 30.3. The number of amides is 2. The molecule has 0 saturated carbocycles. The second-order valence-electron chi connectivity index (χ2n) is 19.0. The molecule has 4 heterocycles. The summed E-state index contributed by atoms with van der Waals surface area (Å²) in [6.07, 6.45) is 3.30. The Hall–Kier alpha value is -6.34. The summed E-state index contributed by atoms with van der Waals surface area (Å²) in [4.78, 5) is 25.8. The van der Waals surface area contributed by atoms with Crippen molar-refractivity contribution >= 4 is 31.9 Å². The Morgan fingerprint density at radius 3 is 1.31 bits per heavy atom. The minimum absolute atomic E-state index is 0.116. The largest absolute Gasteiger partial charge is 0.493 e. The molecule has 16 nitrogen and oxygen atoms in total. The number of aliphatic hydroxyl groups excluding tert-OH is 2. The van der Waals surface area contributed by atoms with E-state index in [4.69, 9.17) is 9.47 Å². The molecule has 4 aromatic carbocycles. The zero-order chi connectivity index (χ0) is 49.3. The zero-order valence-electron chi connectivity index (χ0n) is 39.3. The van der Waals surface area contributed by atoms with Crippen LogP contribution in [-0.4, -0.2) is 81.1 Å². The van der Waals surface area contributed by atoms with Crippen LogP contribution in [0.5, 0.6) is 11.5 Å². The summed E-state index contributed by atoms with van der Waals surface area (Å²) in [5.41, 5.74) is 6.38. The standard InChI is InChI=1S/2C25H29N3O5S/c2*1-25(2,3)34(31,32)27-24(30)20-8-6-5-7-19(20)16-9-10-21-22(14-16)33-15-17(23(21)29)13-18-11-12-26-28(18)4/h2*5-12,14,17,23,29H,13,15H2,1-4H3,(H,27,30)/t2*17-,23+/m10/s1. The molecular formula is C50H58N6O10S2. The summed E-state index contributed by atoms with van der Waals surface area (Å²) in [6, 6.07) is 28.2. The second-order valence-corrected chi connectivity index (χ2v) is 23.9. The highest BCUT2D eigenvalue weighted by Crippen LogP contribution is 2.41. The molecule has 0 fully saturated rings. The van der Waals surface area contributed by atoms with Gasteiger partial charge in [0.2, 0.25) is 20.0 Å². The number of aromatic nitrogens is 4. The van der Waals surface area contributed by atoms with E-state index in [9.17, 15) is 36.6 Å². The van der Waals surface area contributed by atoms with Gasteiger partial charge in [-0.2, -0.15) is 10.2 Å². The number of hydrogen-bond acceptors (Lipinski definition) is 12.